The molecule has 128 valence electrons. The second-order valence-corrected chi connectivity index (χ2v) is 5.89. The number of pyridine rings is 1. The lowest BCUT2D eigenvalue weighted by Gasteiger charge is -2.07. The zero-order valence-electron chi connectivity index (χ0n) is 14.1. The van der Waals surface area contributed by atoms with E-state index in [0.717, 1.165) is 27.8 Å². The zero-order chi connectivity index (χ0) is 18.1. The van der Waals surface area contributed by atoms with E-state index in [-0.39, 0.29) is 0 Å². The Bertz CT molecular complexity index is 1080. The first-order valence-corrected chi connectivity index (χ1v) is 8.11. The molecular weight excluding hydrogens is 328 g/mol. The third-order valence-corrected chi connectivity index (χ3v) is 4.40. The molecule has 2 aromatic heterocycles. The number of nitrogens with zero attached hydrogens (tertiary/aromatic N) is 2. The number of methoxy groups -OCH3 is 1. The SMILES string of the molecule is COc1ccc(-c2ccc(-c3cc4ccncc4n3C(=O)O)cc2)cc1. The van der Waals surface area contributed by atoms with Gasteiger partial charge in [-0.3, -0.25) is 4.98 Å². The average molecular weight is 344 g/mol. The zero-order valence-corrected chi connectivity index (χ0v) is 14.1. The molecule has 0 aliphatic carbocycles. The Morgan fingerprint density at radius 2 is 1.58 bits per heavy atom. The van der Waals surface area contributed by atoms with Crippen molar-refractivity contribution in [2.24, 2.45) is 0 Å². The summed E-state index contributed by atoms with van der Waals surface area (Å²) in [7, 11) is 1.64. The second-order valence-electron chi connectivity index (χ2n) is 5.89. The van der Waals surface area contributed by atoms with Crippen LogP contribution in [0.5, 0.6) is 5.75 Å². The molecule has 0 spiro atoms. The molecule has 4 rings (SSSR count). The predicted octanol–water partition coefficient (Wildman–Crippen LogP) is 4.91. The smallest absolute Gasteiger partial charge is 0.416 e. The van der Waals surface area contributed by atoms with Crippen LogP contribution in [0.15, 0.2) is 73.1 Å². The average Bonchev–Trinajstić information content (AvgIpc) is 3.08. The van der Waals surface area contributed by atoms with Gasteiger partial charge in [-0.05, 0) is 41.0 Å². The van der Waals surface area contributed by atoms with Crippen molar-refractivity contribution in [3.05, 3.63) is 73.1 Å². The molecule has 1 N–H and O–H groups in total. The fourth-order valence-electron chi connectivity index (χ4n) is 3.08. The molecule has 2 aromatic carbocycles. The number of aromatic nitrogens is 2. The van der Waals surface area contributed by atoms with Gasteiger partial charge in [0, 0.05) is 11.6 Å². The quantitative estimate of drug-likeness (QED) is 0.574. The summed E-state index contributed by atoms with van der Waals surface area (Å²) in [6.07, 6.45) is 2.20. The van der Waals surface area contributed by atoms with Crippen LogP contribution >= 0.6 is 0 Å². The molecule has 0 bridgehead atoms. The highest BCUT2D eigenvalue weighted by atomic mass is 16.5. The first kappa shape index (κ1) is 15.9. The summed E-state index contributed by atoms with van der Waals surface area (Å²) in [6, 6.07) is 19.3. The van der Waals surface area contributed by atoms with E-state index in [0.29, 0.717) is 11.2 Å². The number of hydrogen-bond donors (Lipinski definition) is 1. The van der Waals surface area contributed by atoms with Crippen molar-refractivity contribution >= 4 is 17.0 Å². The summed E-state index contributed by atoms with van der Waals surface area (Å²) >= 11 is 0. The highest BCUT2D eigenvalue weighted by Crippen LogP contribution is 2.30. The Balaban J connectivity index is 1.76. The van der Waals surface area contributed by atoms with E-state index < -0.39 is 6.09 Å². The molecule has 2 heterocycles. The maximum Gasteiger partial charge on any atom is 0.416 e. The van der Waals surface area contributed by atoms with Crippen molar-refractivity contribution in [2.45, 2.75) is 0 Å². The van der Waals surface area contributed by atoms with Gasteiger partial charge < -0.3 is 9.84 Å². The first-order valence-electron chi connectivity index (χ1n) is 8.11. The molecule has 0 saturated carbocycles. The maximum absolute atomic E-state index is 11.7. The minimum Gasteiger partial charge on any atom is -0.497 e. The Morgan fingerprint density at radius 3 is 2.19 bits per heavy atom. The second kappa shape index (κ2) is 6.37. The first-order chi connectivity index (χ1) is 12.7. The number of benzene rings is 2. The normalized spacial score (nSPS) is 10.8. The van der Waals surface area contributed by atoms with Crippen molar-refractivity contribution in [1.82, 2.24) is 9.55 Å². The summed E-state index contributed by atoms with van der Waals surface area (Å²) < 4.78 is 6.45. The molecule has 0 fully saturated rings. The van der Waals surface area contributed by atoms with Gasteiger partial charge >= 0.3 is 6.09 Å². The van der Waals surface area contributed by atoms with Crippen molar-refractivity contribution in [3.63, 3.8) is 0 Å². The maximum atomic E-state index is 11.7. The Kier molecular flexibility index (Phi) is 3.89. The summed E-state index contributed by atoms with van der Waals surface area (Å²) in [5.74, 6) is 0.810. The Morgan fingerprint density at radius 1 is 0.962 bits per heavy atom. The van der Waals surface area contributed by atoms with Crippen LogP contribution in [0.25, 0.3) is 33.3 Å². The van der Waals surface area contributed by atoms with Crippen LogP contribution in [0.3, 0.4) is 0 Å². The summed E-state index contributed by atoms with van der Waals surface area (Å²) in [5.41, 5.74) is 4.16. The molecule has 0 amide bonds. The van der Waals surface area contributed by atoms with Crippen molar-refractivity contribution in [1.29, 1.82) is 0 Å². The minimum absolute atomic E-state index is 0.578. The number of carbonyl (C=O) groups is 1. The van der Waals surface area contributed by atoms with Crippen LogP contribution in [0.4, 0.5) is 4.79 Å². The standard InChI is InChI=1S/C21H16N2O3/c1-26-18-8-6-15(7-9-18)14-2-4-16(5-3-14)19-12-17-10-11-22-13-20(17)23(19)21(24)25/h2-13H,1H3,(H,24,25). The van der Waals surface area contributed by atoms with E-state index >= 15 is 0 Å². The number of fused-ring (bicyclic) bond motifs is 1. The van der Waals surface area contributed by atoms with Gasteiger partial charge in [0.25, 0.3) is 0 Å². The molecule has 0 saturated heterocycles. The largest absolute Gasteiger partial charge is 0.497 e. The molecule has 0 aliphatic heterocycles. The van der Waals surface area contributed by atoms with Crippen molar-refractivity contribution in [2.75, 3.05) is 7.11 Å². The minimum atomic E-state index is -1.03. The summed E-state index contributed by atoms with van der Waals surface area (Å²) in [4.78, 5) is 15.8. The van der Waals surface area contributed by atoms with Gasteiger partial charge in [-0.1, -0.05) is 36.4 Å². The topological polar surface area (TPSA) is 64.4 Å². The van der Waals surface area contributed by atoms with Crippen LogP contribution in [0.2, 0.25) is 0 Å². The van der Waals surface area contributed by atoms with E-state index in [1.807, 2.05) is 60.7 Å². The van der Waals surface area contributed by atoms with E-state index in [2.05, 4.69) is 4.98 Å². The number of ether oxygens (including phenoxy) is 1. The van der Waals surface area contributed by atoms with Gasteiger partial charge in [0.2, 0.25) is 0 Å². The monoisotopic (exact) mass is 344 g/mol. The Hall–Kier alpha value is -3.60. The van der Waals surface area contributed by atoms with Gasteiger partial charge in [-0.2, -0.15) is 0 Å². The summed E-state index contributed by atoms with van der Waals surface area (Å²) in [6.45, 7) is 0. The lowest BCUT2D eigenvalue weighted by Crippen LogP contribution is -2.09. The highest BCUT2D eigenvalue weighted by Gasteiger charge is 2.15. The molecule has 26 heavy (non-hydrogen) atoms. The van der Waals surface area contributed by atoms with Gasteiger partial charge in [0.1, 0.15) is 5.75 Å². The van der Waals surface area contributed by atoms with Crippen LogP contribution in [-0.2, 0) is 0 Å². The molecule has 0 atom stereocenters. The molecule has 0 radical (unpaired) electrons. The number of carboxylic acid groups (broad SMARTS) is 1. The van der Waals surface area contributed by atoms with Crippen molar-refractivity contribution in [3.8, 4) is 28.1 Å². The van der Waals surface area contributed by atoms with E-state index in [1.54, 1.807) is 19.5 Å². The molecule has 0 aliphatic rings. The third kappa shape index (κ3) is 2.69. The lowest BCUT2D eigenvalue weighted by atomic mass is 10.0. The highest BCUT2D eigenvalue weighted by molar-refractivity contribution is 5.95. The van der Waals surface area contributed by atoms with Crippen LogP contribution in [0, 0.1) is 0 Å². The van der Waals surface area contributed by atoms with Crippen LogP contribution in [0.1, 0.15) is 0 Å². The predicted molar refractivity (Wildman–Crippen MR) is 101 cm³/mol. The van der Waals surface area contributed by atoms with Gasteiger partial charge in [0.15, 0.2) is 0 Å². The lowest BCUT2D eigenvalue weighted by molar-refractivity contribution is 0.198. The van der Waals surface area contributed by atoms with Crippen molar-refractivity contribution < 1.29 is 14.6 Å². The van der Waals surface area contributed by atoms with Crippen LogP contribution < -0.4 is 4.74 Å². The van der Waals surface area contributed by atoms with Gasteiger partial charge in [0.05, 0.1) is 24.5 Å². The molecule has 0 unspecified atom stereocenters. The van der Waals surface area contributed by atoms with E-state index in [1.165, 1.54) is 4.57 Å². The number of hydrogen-bond acceptors (Lipinski definition) is 3. The third-order valence-electron chi connectivity index (χ3n) is 4.40. The molecule has 5 nitrogen and oxygen atoms in total. The Labute approximate surface area is 150 Å². The fourth-order valence-corrected chi connectivity index (χ4v) is 3.08. The van der Waals surface area contributed by atoms with E-state index in [4.69, 9.17) is 4.74 Å². The fraction of sp³-hybridized carbons (Fsp3) is 0.0476. The molecule has 4 aromatic rings. The van der Waals surface area contributed by atoms with Gasteiger partial charge in [-0.25, -0.2) is 9.36 Å². The van der Waals surface area contributed by atoms with Crippen LogP contribution in [-0.4, -0.2) is 27.9 Å². The van der Waals surface area contributed by atoms with Gasteiger partial charge in [-0.15, -0.1) is 0 Å². The molecule has 5 heteroatoms. The number of rotatable bonds is 3. The van der Waals surface area contributed by atoms with E-state index in [9.17, 15) is 9.90 Å². The summed E-state index contributed by atoms with van der Waals surface area (Å²) in [5, 5.41) is 10.5. The molecular formula is C21H16N2O3.